The lowest BCUT2D eigenvalue weighted by Gasteiger charge is -2.29. The number of carbonyl (C=O) groups is 1. The monoisotopic (exact) mass is 483 g/mol. The third-order valence-corrected chi connectivity index (χ3v) is 6.05. The molecular formula is C18H11Cl3F3NO3S. The zero-order chi connectivity index (χ0) is 21.4. The van der Waals surface area contributed by atoms with Gasteiger partial charge >= 0.3 is 12.1 Å². The summed E-state index contributed by atoms with van der Waals surface area (Å²) in [5.74, 6) is -1.21. The first kappa shape index (κ1) is 22.1. The first-order valence-electron chi connectivity index (χ1n) is 7.95. The van der Waals surface area contributed by atoms with Gasteiger partial charge in [0.15, 0.2) is 0 Å². The number of nitrogens with zero attached hydrogens (tertiary/aromatic N) is 1. The Labute approximate surface area is 182 Å². The topological polar surface area (TPSA) is 58.9 Å². The molecule has 1 aliphatic heterocycles. The van der Waals surface area contributed by atoms with Crippen LogP contribution in [-0.4, -0.2) is 28.7 Å². The minimum Gasteiger partial charge on any atom is -0.481 e. The average molecular weight is 485 g/mol. The van der Waals surface area contributed by atoms with Crippen LogP contribution in [-0.2, 0) is 15.2 Å². The maximum absolute atomic E-state index is 14.0. The summed E-state index contributed by atoms with van der Waals surface area (Å²) in [6.45, 7) is 0. The number of benzene rings is 2. The van der Waals surface area contributed by atoms with Crippen molar-refractivity contribution < 1.29 is 27.9 Å². The fourth-order valence-corrected chi connectivity index (χ4v) is 4.29. The molecule has 154 valence electrons. The van der Waals surface area contributed by atoms with E-state index in [9.17, 15) is 18.0 Å². The minimum atomic E-state index is -4.80. The van der Waals surface area contributed by atoms with Crippen molar-refractivity contribution in [2.75, 3.05) is 5.75 Å². The number of hydrogen-bond donors (Lipinski definition) is 1. The molecule has 0 bridgehead atoms. The molecule has 0 spiro atoms. The zero-order valence-electron chi connectivity index (χ0n) is 14.3. The summed E-state index contributed by atoms with van der Waals surface area (Å²) in [4.78, 5) is 16.1. The summed E-state index contributed by atoms with van der Waals surface area (Å²) in [6.07, 6.45) is -5.40. The molecule has 0 fully saturated rings. The second-order valence-corrected chi connectivity index (χ2v) is 8.41. The smallest absolute Gasteiger partial charge is 0.435 e. The number of carboxylic acids is 1. The molecule has 0 saturated carbocycles. The van der Waals surface area contributed by atoms with Crippen molar-refractivity contribution in [2.24, 2.45) is 5.16 Å². The highest BCUT2D eigenvalue weighted by Gasteiger charge is 2.62. The predicted octanol–water partition coefficient (Wildman–Crippen LogP) is 6.41. The Bertz CT molecular complexity index is 980. The number of carboxylic acid groups (broad SMARTS) is 1. The molecule has 0 amide bonds. The molecule has 1 N–H and O–H groups in total. The Balaban J connectivity index is 1.93. The third-order valence-electron chi connectivity index (χ3n) is 4.13. The van der Waals surface area contributed by atoms with E-state index in [1.165, 1.54) is 24.3 Å². The number of oxime groups is 1. The van der Waals surface area contributed by atoms with Crippen LogP contribution in [0.3, 0.4) is 0 Å². The van der Waals surface area contributed by atoms with Gasteiger partial charge in [0.1, 0.15) is 0 Å². The summed E-state index contributed by atoms with van der Waals surface area (Å²) < 4.78 is 42.0. The van der Waals surface area contributed by atoms with Gasteiger partial charge in [-0.3, -0.25) is 4.79 Å². The molecule has 1 aliphatic rings. The number of thioether (sulfide) groups is 1. The molecule has 0 saturated heterocycles. The Morgan fingerprint density at radius 2 is 1.83 bits per heavy atom. The number of aliphatic carboxylic acids is 1. The van der Waals surface area contributed by atoms with E-state index in [1.54, 1.807) is 0 Å². The van der Waals surface area contributed by atoms with Crippen LogP contribution in [0.5, 0.6) is 0 Å². The molecular weight excluding hydrogens is 474 g/mol. The lowest BCUT2D eigenvalue weighted by atomic mass is 9.86. The van der Waals surface area contributed by atoms with Crippen LogP contribution < -0.4 is 0 Å². The zero-order valence-corrected chi connectivity index (χ0v) is 17.3. The van der Waals surface area contributed by atoms with Crippen molar-refractivity contribution in [3.8, 4) is 0 Å². The van der Waals surface area contributed by atoms with Gasteiger partial charge in [-0.15, -0.1) is 11.8 Å². The molecule has 1 unspecified atom stereocenters. The molecule has 0 aliphatic carbocycles. The molecule has 3 rings (SSSR count). The van der Waals surface area contributed by atoms with E-state index >= 15 is 0 Å². The lowest BCUT2D eigenvalue weighted by molar-refractivity contribution is -0.275. The van der Waals surface area contributed by atoms with Gasteiger partial charge in [-0.25, -0.2) is 0 Å². The van der Waals surface area contributed by atoms with Crippen molar-refractivity contribution in [3.63, 3.8) is 0 Å². The molecule has 1 heterocycles. The summed E-state index contributed by atoms with van der Waals surface area (Å²) in [5.41, 5.74) is -2.63. The average Bonchev–Trinajstić information content (AvgIpc) is 3.06. The van der Waals surface area contributed by atoms with Gasteiger partial charge in [0.05, 0.1) is 16.5 Å². The maximum atomic E-state index is 14.0. The largest absolute Gasteiger partial charge is 0.481 e. The van der Waals surface area contributed by atoms with Crippen LogP contribution >= 0.6 is 46.6 Å². The van der Waals surface area contributed by atoms with Crippen LogP contribution in [0.25, 0.3) is 0 Å². The van der Waals surface area contributed by atoms with Gasteiger partial charge in [0.2, 0.25) is 0 Å². The minimum absolute atomic E-state index is 0.0371. The Kier molecular flexibility index (Phi) is 6.29. The van der Waals surface area contributed by atoms with Gasteiger partial charge in [-0.05, 0) is 30.3 Å². The first-order chi connectivity index (χ1) is 13.5. The fourth-order valence-electron chi connectivity index (χ4n) is 2.78. The second kappa shape index (κ2) is 8.26. The molecule has 11 heteroatoms. The van der Waals surface area contributed by atoms with Crippen molar-refractivity contribution >= 4 is 58.2 Å². The molecule has 0 radical (unpaired) electrons. The van der Waals surface area contributed by atoms with E-state index in [0.29, 0.717) is 10.5 Å². The standard InChI is InChI=1S/C18H11Cl3F3NO3S/c19-11-4-10(5-12(20)6-11)17(18(22,23)24)7-14(25-28-17)9-1-2-15(13(21)3-9)29-8-16(26)27/h1-6H,7-8H2,(H,26,27). The summed E-state index contributed by atoms with van der Waals surface area (Å²) in [7, 11) is 0. The van der Waals surface area contributed by atoms with Crippen molar-refractivity contribution in [3.05, 3.63) is 62.6 Å². The van der Waals surface area contributed by atoms with E-state index in [2.05, 4.69) is 5.16 Å². The molecule has 0 aromatic heterocycles. The second-order valence-electron chi connectivity index (χ2n) is 6.12. The van der Waals surface area contributed by atoms with Crippen LogP contribution in [0.2, 0.25) is 15.1 Å². The molecule has 29 heavy (non-hydrogen) atoms. The van der Waals surface area contributed by atoms with E-state index in [4.69, 9.17) is 44.7 Å². The quantitative estimate of drug-likeness (QED) is 0.499. The molecule has 4 nitrogen and oxygen atoms in total. The Hall–Kier alpha value is -1.61. The van der Waals surface area contributed by atoms with Gasteiger partial charge in [-0.2, -0.15) is 13.2 Å². The Morgan fingerprint density at radius 3 is 2.38 bits per heavy atom. The van der Waals surface area contributed by atoms with Crippen molar-refractivity contribution in [2.45, 2.75) is 23.1 Å². The highest BCUT2D eigenvalue weighted by molar-refractivity contribution is 8.00. The third kappa shape index (κ3) is 4.60. The van der Waals surface area contributed by atoms with Crippen LogP contribution in [0.15, 0.2) is 46.4 Å². The number of alkyl halides is 3. The van der Waals surface area contributed by atoms with E-state index < -0.39 is 24.2 Å². The van der Waals surface area contributed by atoms with Crippen LogP contribution in [0.1, 0.15) is 17.5 Å². The number of rotatable bonds is 5. The van der Waals surface area contributed by atoms with Gasteiger partial charge in [0.25, 0.3) is 5.60 Å². The SMILES string of the molecule is O=C(O)CSc1ccc(C2=NOC(c3cc(Cl)cc(Cl)c3)(C(F)(F)F)C2)cc1Cl. The highest BCUT2D eigenvalue weighted by atomic mass is 35.5. The summed E-state index contributed by atoms with van der Waals surface area (Å²) >= 11 is 18.9. The molecule has 2 aromatic rings. The van der Waals surface area contributed by atoms with Crippen molar-refractivity contribution in [1.29, 1.82) is 0 Å². The maximum Gasteiger partial charge on any atom is 0.435 e. The van der Waals surface area contributed by atoms with Crippen LogP contribution in [0, 0.1) is 0 Å². The lowest BCUT2D eigenvalue weighted by Crippen LogP contribution is -2.42. The number of hydrogen-bond acceptors (Lipinski definition) is 4. The molecule has 1 atom stereocenters. The normalized spacial score (nSPS) is 19.0. The Morgan fingerprint density at radius 1 is 1.17 bits per heavy atom. The van der Waals surface area contributed by atoms with E-state index in [1.807, 2.05) is 0 Å². The number of halogens is 6. The molecule has 2 aromatic carbocycles. The van der Waals surface area contributed by atoms with Crippen LogP contribution in [0.4, 0.5) is 13.2 Å². The first-order valence-corrected chi connectivity index (χ1v) is 10.1. The van der Waals surface area contributed by atoms with E-state index in [0.717, 1.165) is 23.9 Å². The van der Waals surface area contributed by atoms with Gasteiger partial charge in [-0.1, -0.05) is 46.0 Å². The van der Waals surface area contributed by atoms with Gasteiger partial charge in [0, 0.05) is 32.5 Å². The summed E-state index contributed by atoms with van der Waals surface area (Å²) in [5, 5.41) is 12.7. The van der Waals surface area contributed by atoms with E-state index in [-0.39, 0.29) is 32.1 Å². The predicted molar refractivity (Wildman–Crippen MR) is 106 cm³/mol. The van der Waals surface area contributed by atoms with Crippen molar-refractivity contribution in [1.82, 2.24) is 0 Å². The van der Waals surface area contributed by atoms with Gasteiger partial charge < -0.3 is 9.94 Å². The fraction of sp³-hybridized carbons (Fsp3) is 0.222. The highest BCUT2D eigenvalue weighted by Crippen LogP contribution is 2.49. The summed E-state index contributed by atoms with van der Waals surface area (Å²) in [6, 6.07) is 8.05.